The summed E-state index contributed by atoms with van der Waals surface area (Å²) < 4.78 is 7.76. The van der Waals surface area contributed by atoms with E-state index < -0.39 is 0 Å². The van der Waals surface area contributed by atoms with Crippen LogP contribution in [-0.2, 0) is 17.8 Å². The van der Waals surface area contributed by atoms with Crippen molar-refractivity contribution in [2.45, 2.75) is 58.7 Å². The minimum Gasteiger partial charge on any atom is -0.376 e. The van der Waals surface area contributed by atoms with E-state index in [-0.39, 0.29) is 6.03 Å². The largest absolute Gasteiger partial charge is 0.376 e. The number of urea groups is 1. The van der Waals surface area contributed by atoms with Crippen LogP contribution < -0.4 is 10.6 Å². The Kier molecular flexibility index (Phi) is 6.64. The van der Waals surface area contributed by atoms with E-state index in [2.05, 4.69) is 27.8 Å². The molecule has 2 atom stereocenters. The van der Waals surface area contributed by atoms with Gasteiger partial charge in [-0.1, -0.05) is 19.8 Å². The van der Waals surface area contributed by atoms with Gasteiger partial charge in [-0.15, -0.1) is 10.2 Å². The summed E-state index contributed by atoms with van der Waals surface area (Å²) in [5.41, 5.74) is 0. The maximum absolute atomic E-state index is 11.7. The van der Waals surface area contributed by atoms with Crippen LogP contribution in [0.1, 0.15) is 45.4 Å². The van der Waals surface area contributed by atoms with E-state index in [1.54, 1.807) is 6.33 Å². The number of nitrogens with one attached hydrogen (secondary N) is 2. The lowest BCUT2D eigenvalue weighted by molar-refractivity contribution is -0.00243. The molecule has 1 aromatic heterocycles. The van der Waals surface area contributed by atoms with Crippen LogP contribution >= 0.6 is 0 Å². The van der Waals surface area contributed by atoms with Gasteiger partial charge in [-0.2, -0.15) is 0 Å². The third-order valence-electron chi connectivity index (χ3n) is 4.20. The fourth-order valence-electron chi connectivity index (χ4n) is 2.81. The highest BCUT2D eigenvalue weighted by molar-refractivity contribution is 5.73. The lowest BCUT2D eigenvalue weighted by atomic mass is 9.88. The van der Waals surface area contributed by atoms with E-state index >= 15 is 0 Å². The first-order chi connectivity index (χ1) is 10.7. The standard InChI is InChI=1S/C15H27N5O2/c1-3-20-11-18-19-14(20)10-17-15(21)16-8-9-22-13-7-5-4-6-12(13)2/h11-13H,3-10H2,1-2H3,(H2,16,17,21)/t12-,13+/m0/s1. The van der Waals surface area contributed by atoms with E-state index in [1.807, 2.05) is 11.5 Å². The van der Waals surface area contributed by atoms with Crippen molar-refractivity contribution in [3.63, 3.8) is 0 Å². The molecule has 0 saturated heterocycles. The monoisotopic (exact) mass is 309 g/mol. The van der Waals surface area contributed by atoms with Crippen molar-refractivity contribution in [2.75, 3.05) is 13.2 Å². The number of carbonyl (C=O) groups is 1. The molecule has 7 heteroatoms. The molecule has 0 unspecified atom stereocenters. The Bertz CT molecular complexity index is 463. The van der Waals surface area contributed by atoms with Gasteiger partial charge in [0.25, 0.3) is 0 Å². The van der Waals surface area contributed by atoms with Crippen LogP contribution in [0.5, 0.6) is 0 Å². The van der Waals surface area contributed by atoms with Gasteiger partial charge in [0, 0.05) is 13.1 Å². The Morgan fingerprint density at radius 2 is 2.23 bits per heavy atom. The van der Waals surface area contributed by atoms with Crippen molar-refractivity contribution in [2.24, 2.45) is 5.92 Å². The van der Waals surface area contributed by atoms with Crippen LogP contribution in [0.4, 0.5) is 4.79 Å². The number of hydrogen-bond donors (Lipinski definition) is 2. The van der Waals surface area contributed by atoms with Crippen LogP contribution in [-0.4, -0.2) is 40.1 Å². The van der Waals surface area contributed by atoms with Crippen molar-refractivity contribution in [1.82, 2.24) is 25.4 Å². The second-order valence-corrected chi connectivity index (χ2v) is 5.81. The highest BCUT2D eigenvalue weighted by Gasteiger charge is 2.21. The van der Waals surface area contributed by atoms with Crippen molar-refractivity contribution in [1.29, 1.82) is 0 Å². The number of ether oxygens (including phenoxy) is 1. The summed E-state index contributed by atoms with van der Waals surface area (Å²) in [5.74, 6) is 1.38. The molecule has 1 saturated carbocycles. The predicted molar refractivity (Wildman–Crippen MR) is 83.3 cm³/mol. The average Bonchev–Trinajstić information content (AvgIpc) is 2.98. The summed E-state index contributed by atoms with van der Waals surface area (Å²) >= 11 is 0. The van der Waals surface area contributed by atoms with Crippen LogP contribution in [0, 0.1) is 5.92 Å². The maximum atomic E-state index is 11.7. The SMILES string of the molecule is CCn1cnnc1CNC(=O)NCCO[C@@H]1CCCC[C@@H]1C. The third kappa shape index (κ3) is 4.98. The third-order valence-corrected chi connectivity index (χ3v) is 4.20. The molecule has 1 aliphatic carbocycles. The Morgan fingerprint density at radius 1 is 1.41 bits per heavy atom. The quantitative estimate of drug-likeness (QED) is 0.751. The molecule has 0 spiro atoms. The molecule has 2 rings (SSSR count). The van der Waals surface area contributed by atoms with E-state index in [1.165, 1.54) is 19.3 Å². The van der Waals surface area contributed by atoms with Crippen LogP contribution in [0.2, 0.25) is 0 Å². The molecule has 0 bridgehead atoms. The van der Waals surface area contributed by atoms with Crippen LogP contribution in [0.15, 0.2) is 6.33 Å². The van der Waals surface area contributed by atoms with Gasteiger partial charge in [0.05, 0.1) is 19.3 Å². The minimum absolute atomic E-state index is 0.203. The second-order valence-electron chi connectivity index (χ2n) is 5.81. The van der Waals surface area contributed by atoms with Gasteiger partial charge in [-0.25, -0.2) is 4.79 Å². The Balaban J connectivity index is 1.58. The number of aromatic nitrogens is 3. The molecule has 0 aromatic carbocycles. The van der Waals surface area contributed by atoms with Crippen molar-refractivity contribution < 1.29 is 9.53 Å². The summed E-state index contributed by atoms with van der Waals surface area (Å²) in [5, 5.41) is 13.4. The highest BCUT2D eigenvalue weighted by Crippen LogP contribution is 2.25. The van der Waals surface area contributed by atoms with Gasteiger partial charge in [-0.05, 0) is 25.7 Å². The molecular formula is C15H27N5O2. The molecule has 124 valence electrons. The number of nitrogens with zero attached hydrogens (tertiary/aromatic N) is 3. The predicted octanol–water partition coefficient (Wildman–Crippen LogP) is 1.69. The molecule has 1 aliphatic rings. The summed E-state index contributed by atoms with van der Waals surface area (Å²) in [6.45, 7) is 6.51. The topological polar surface area (TPSA) is 81.1 Å². The molecule has 1 aromatic rings. The Morgan fingerprint density at radius 3 is 3.00 bits per heavy atom. The number of aryl methyl sites for hydroxylation is 1. The fourth-order valence-corrected chi connectivity index (χ4v) is 2.81. The Hall–Kier alpha value is -1.63. The first-order valence-corrected chi connectivity index (χ1v) is 8.20. The maximum Gasteiger partial charge on any atom is 0.315 e. The summed E-state index contributed by atoms with van der Waals surface area (Å²) in [6, 6.07) is -0.203. The van der Waals surface area contributed by atoms with E-state index in [0.29, 0.717) is 31.7 Å². The molecule has 22 heavy (non-hydrogen) atoms. The number of rotatable bonds is 7. The van der Waals surface area contributed by atoms with Gasteiger partial charge in [0.2, 0.25) is 0 Å². The zero-order valence-corrected chi connectivity index (χ0v) is 13.5. The fraction of sp³-hybridized carbons (Fsp3) is 0.800. The molecule has 1 heterocycles. The van der Waals surface area contributed by atoms with Gasteiger partial charge < -0.3 is 19.9 Å². The zero-order valence-electron chi connectivity index (χ0n) is 13.5. The van der Waals surface area contributed by atoms with E-state index in [4.69, 9.17) is 4.74 Å². The van der Waals surface area contributed by atoms with E-state index in [9.17, 15) is 4.79 Å². The van der Waals surface area contributed by atoms with Gasteiger partial charge in [0.1, 0.15) is 6.33 Å². The number of hydrogen-bond acceptors (Lipinski definition) is 4. The zero-order chi connectivity index (χ0) is 15.8. The molecule has 7 nitrogen and oxygen atoms in total. The van der Waals surface area contributed by atoms with E-state index in [0.717, 1.165) is 18.8 Å². The smallest absolute Gasteiger partial charge is 0.315 e. The molecule has 2 N–H and O–H groups in total. The molecule has 0 aliphatic heterocycles. The normalized spacial score (nSPS) is 21.5. The van der Waals surface area contributed by atoms with Crippen molar-refractivity contribution in [3.05, 3.63) is 12.2 Å². The lowest BCUT2D eigenvalue weighted by Crippen LogP contribution is -2.38. The van der Waals surface area contributed by atoms with Gasteiger partial charge in [-0.3, -0.25) is 0 Å². The number of carbonyl (C=O) groups excluding carboxylic acids is 1. The number of amides is 2. The van der Waals surface area contributed by atoms with Crippen LogP contribution in [0.3, 0.4) is 0 Å². The molecule has 2 amide bonds. The lowest BCUT2D eigenvalue weighted by Gasteiger charge is -2.28. The average molecular weight is 309 g/mol. The van der Waals surface area contributed by atoms with Gasteiger partial charge >= 0.3 is 6.03 Å². The van der Waals surface area contributed by atoms with Crippen molar-refractivity contribution in [3.8, 4) is 0 Å². The summed E-state index contributed by atoms with van der Waals surface area (Å²) in [4.78, 5) is 11.7. The highest BCUT2D eigenvalue weighted by atomic mass is 16.5. The Labute approximate surface area is 131 Å². The summed E-state index contributed by atoms with van der Waals surface area (Å²) in [6.07, 6.45) is 6.96. The first kappa shape index (κ1) is 16.7. The second kappa shape index (κ2) is 8.73. The molecule has 0 radical (unpaired) electrons. The van der Waals surface area contributed by atoms with Gasteiger partial charge in [0.15, 0.2) is 5.82 Å². The first-order valence-electron chi connectivity index (χ1n) is 8.20. The molecular weight excluding hydrogens is 282 g/mol. The minimum atomic E-state index is -0.203. The van der Waals surface area contributed by atoms with Crippen molar-refractivity contribution >= 4 is 6.03 Å². The van der Waals surface area contributed by atoms with Crippen LogP contribution in [0.25, 0.3) is 0 Å². The molecule has 1 fully saturated rings. The summed E-state index contributed by atoms with van der Waals surface area (Å²) in [7, 11) is 0.